The number of Topliss-reactive ketones (excluding diaryl/α,β-unsaturated/α-hetero) is 1. The number of carbonyl (C=O) groups excluding carboxylic acids is 2. The number of rotatable bonds is 8. The highest BCUT2D eigenvalue weighted by Gasteiger charge is 2.51. The van der Waals surface area contributed by atoms with Crippen molar-refractivity contribution in [2.45, 2.75) is 45.6 Å². The van der Waals surface area contributed by atoms with Crippen LogP contribution in [0.5, 0.6) is 5.75 Å². The van der Waals surface area contributed by atoms with Crippen LogP contribution < -0.4 is 4.74 Å². The Morgan fingerprint density at radius 1 is 1.00 bits per heavy atom. The minimum atomic E-state index is -1.95. The fourth-order valence-electron chi connectivity index (χ4n) is 2.73. The molecule has 0 radical (unpaired) electrons. The largest absolute Gasteiger partial charge is 0.421 e. The molecule has 142 valence electrons. The molecule has 0 amide bonds. The maximum Gasteiger partial charge on any atom is 0.390 e. The molecule has 2 aromatic carbocycles. The van der Waals surface area contributed by atoms with Crippen molar-refractivity contribution in [2.75, 3.05) is 0 Å². The predicted octanol–water partition coefficient (Wildman–Crippen LogP) is 4.30. The zero-order chi connectivity index (χ0) is 20.0. The van der Waals surface area contributed by atoms with Gasteiger partial charge in [0.2, 0.25) is 0 Å². The van der Waals surface area contributed by atoms with Gasteiger partial charge < -0.3 is 4.74 Å². The number of nitrogens with zero attached hydrogens (tertiary/aromatic N) is 1. The van der Waals surface area contributed by atoms with Gasteiger partial charge in [-0.2, -0.15) is 0 Å². The molecule has 27 heavy (non-hydrogen) atoms. The normalized spacial score (nSPS) is 12.9. The summed E-state index contributed by atoms with van der Waals surface area (Å²) in [7, 11) is 0. The molecule has 2 rings (SSSR count). The van der Waals surface area contributed by atoms with Crippen LogP contribution in [0.2, 0.25) is 0 Å². The van der Waals surface area contributed by atoms with Gasteiger partial charge in [0.05, 0.1) is 0 Å². The monoisotopic (exact) mass is 369 g/mol. The van der Waals surface area contributed by atoms with Crippen LogP contribution in [0.3, 0.4) is 0 Å². The van der Waals surface area contributed by atoms with Crippen LogP contribution in [0.1, 0.15) is 47.7 Å². The summed E-state index contributed by atoms with van der Waals surface area (Å²) in [5.41, 5.74) is 0.516. The van der Waals surface area contributed by atoms with Gasteiger partial charge in [-0.05, 0) is 26.0 Å². The summed E-state index contributed by atoms with van der Waals surface area (Å²) in [5, 5.41) is 11.7. The van der Waals surface area contributed by atoms with E-state index >= 15 is 0 Å². The van der Waals surface area contributed by atoms with E-state index in [1.807, 2.05) is 13.8 Å². The standard InChI is InChI=1S/C21H23NO5/c1-4-21(22(25)26,20(24)27-18-11-7-16(3)8-12-18)14-13-19(23)17-9-5-15(2)6-10-17/h5-12H,4,13-14H2,1-3H3/t21-/m1/s1. The Morgan fingerprint density at radius 2 is 1.52 bits per heavy atom. The lowest BCUT2D eigenvalue weighted by atomic mass is 9.89. The first-order valence-corrected chi connectivity index (χ1v) is 8.82. The quantitative estimate of drug-likeness (QED) is 0.228. The maximum atomic E-state index is 12.6. The maximum absolute atomic E-state index is 12.6. The van der Waals surface area contributed by atoms with Crippen molar-refractivity contribution in [3.05, 3.63) is 75.3 Å². The number of esters is 1. The first-order valence-electron chi connectivity index (χ1n) is 8.82. The van der Waals surface area contributed by atoms with E-state index in [0.717, 1.165) is 11.1 Å². The van der Waals surface area contributed by atoms with Gasteiger partial charge in [-0.1, -0.05) is 54.4 Å². The van der Waals surface area contributed by atoms with Crippen LogP contribution in [0.25, 0.3) is 0 Å². The van der Waals surface area contributed by atoms with Crippen molar-refractivity contribution >= 4 is 11.8 Å². The predicted molar refractivity (Wildman–Crippen MR) is 102 cm³/mol. The fourth-order valence-corrected chi connectivity index (χ4v) is 2.73. The lowest BCUT2D eigenvalue weighted by Crippen LogP contribution is -2.48. The Morgan fingerprint density at radius 3 is 2.00 bits per heavy atom. The Balaban J connectivity index is 2.15. The van der Waals surface area contributed by atoms with Crippen molar-refractivity contribution in [3.8, 4) is 5.75 Å². The van der Waals surface area contributed by atoms with E-state index in [1.165, 1.54) is 0 Å². The second-order valence-electron chi connectivity index (χ2n) is 6.63. The fraction of sp³-hybridized carbons (Fsp3) is 0.333. The van der Waals surface area contributed by atoms with Crippen molar-refractivity contribution in [1.82, 2.24) is 0 Å². The molecule has 0 N–H and O–H groups in total. The third-order valence-electron chi connectivity index (χ3n) is 4.69. The number of aryl methyl sites for hydroxylation is 2. The highest BCUT2D eigenvalue weighted by atomic mass is 16.6. The zero-order valence-electron chi connectivity index (χ0n) is 15.7. The van der Waals surface area contributed by atoms with Crippen LogP contribution in [-0.4, -0.2) is 22.2 Å². The molecule has 1 atom stereocenters. The zero-order valence-corrected chi connectivity index (χ0v) is 15.7. The molecule has 0 aliphatic heterocycles. The van der Waals surface area contributed by atoms with Gasteiger partial charge in [0.25, 0.3) is 0 Å². The average molecular weight is 369 g/mol. The molecule has 0 unspecified atom stereocenters. The Bertz CT molecular complexity index is 827. The number of ketones is 1. The third-order valence-corrected chi connectivity index (χ3v) is 4.69. The summed E-state index contributed by atoms with van der Waals surface area (Å²) in [5.74, 6) is -0.941. The average Bonchev–Trinajstić information content (AvgIpc) is 2.64. The van der Waals surface area contributed by atoms with E-state index < -0.39 is 16.4 Å². The van der Waals surface area contributed by atoms with Crippen molar-refractivity contribution in [1.29, 1.82) is 0 Å². The van der Waals surface area contributed by atoms with E-state index in [4.69, 9.17) is 4.74 Å². The van der Waals surface area contributed by atoms with Crippen molar-refractivity contribution < 1.29 is 19.2 Å². The molecule has 0 saturated heterocycles. The van der Waals surface area contributed by atoms with Crippen molar-refractivity contribution in [2.24, 2.45) is 0 Å². The molecule has 0 aliphatic carbocycles. The first kappa shape index (κ1) is 20.3. The van der Waals surface area contributed by atoms with Crippen LogP contribution in [-0.2, 0) is 4.79 Å². The summed E-state index contributed by atoms with van der Waals surface area (Å²) in [4.78, 5) is 36.1. The molecule has 0 fully saturated rings. The Hall–Kier alpha value is -3.02. The van der Waals surface area contributed by atoms with Gasteiger partial charge in [-0.25, -0.2) is 4.79 Å². The summed E-state index contributed by atoms with van der Waals surface area (Å²) in [6.45, 7) is 5.34. The molecule has 6 nitrogen and oxygen atoms in total. The molecular weight excluding hydrogens is 346 g/mol. The lowest BCUT2D eigenvalue weighted by molar-refractivity contribution is -0.556. The number of hydrogen-bond donors (Lipinski definition) is 0. The number of hydrogen-bond acceptors (Lipinski definition) is 5. The second kappa shape index (κ2) is 8.58. The first-order chi connectivity index (χ1) is 12.8. The molecule has 0 bridgehead atoms. The Labute approximate surface area is 158 Å². The van der Waals surface area contributed by atoms with Crippen LogP contribution in [0.15, 0.2) is 48.5 Å². The van der Waals surface area contributed by atoms with Gasteiger partial charge in [0.15, 0.2) is 5.78 Å². The van der Waals surface area contributed by atoms with Gasteiger partial charge >= 0.3 is 11.5 Å². The van der Waals surface area contributed by atoms with Gasteiger partial charge in [0, 0.05) is 29.7 Å². The van der Waals surface area contributed by atoms with E-state index in [9.17, 15) is 19.7 Å². The van der Waals surface area contributed by atoms with Gasteiger partial charge in [-0.15, -0.1) is 0 Å². The molecule has 0 aliphatic rings. The number of benzene rings is 2. The third kappa shape index (κ3) is 4.78. The van der Waals surface area contributed by atoms with Crippen LogP contribution in [0.4, 0.5) is 0 Å². The van der Waals surface area contributed by atoms with Gasteiger partial charge in [0.1, 0.15) is 5.75 Å². The molecule has 0 spiro atoms. The molecule has 6 heteroatoms. The minimum Gasteiger partial charge on any atom is -0.421 e. The topological polar surface area (TPSA) is 86.5 Å². The number of ether oxygens (including phenoxy) is 1. The minimum absolute atomic E-state index is 0.0636. The second-order valence-corrected chi connectivity index (χ2v) is 6.63. The molecule has 0 aromatic heterocycles. The van der Waals surface area contributed by atoms with E-state index in [0.29, 0.717) is 5.56 Å². The molecule has 0 heterocycles. The van der Waals surface area contributed by atoms with E-state index in [-0.39, 0.29) is 30.8 Å². The highest BCUT2D eigenvalue weighted by molar-refractivity contribution is 5.96. The van der Waals surface area contributed by atoms with Crippen molar-refractivity contribution in [3.63, 3.8) is 0 Å². The van der Waals surface area contributed by atoms with Crippen LogP contribution >= 0.6 is 0 Å². The van der Waals surface area contributed by atoms with E-state index in [2.05, 4.69) is 0 Å². The number of carbonyl (C=O) groups is 2. The molecular formula is C21H23NO5. The summed E-state index contributed by atoms with van der Waals surface area (Å²) in [6.07, 6.45) is -0.388. The van der Waals surface area contributed by atoms with Crippen LogP contribution in [0, 0.1) is 24.0 Å². The summed E-state index contributed by atoms with van der Waals surface area (Å²) >= 11 is 0. The highest BCUT2D eigenvalue weighted by Crippen LogP contribution is 2.26. The summed E-state index contributed by atoms with van der Waals surface area (Å²) < 4.78 is 5.25. The SMILES string of the molecule is CC[C@@](CCC(=O)c1ccc(C)cc1)(C(=O)Oc1ccc(C)cc1)[N+](=O)[O-]. The molecule has 0 saturated carbocycles. The van der Waals surface area contributed by atoms with E-state index in [1.54, 1.807) is 55.5 Å². The smallest absolute Gasteiger partial charge is 0.390 e. The lowest BCUT2D eigenvalue weighted by Gasteiger charge is -2.21. The summed E-state index contributed by atoms with van der Waals surface area (Å²) in [6, 6.07) is 13.7. The Kier molecular flexibility index (Phi) is 6.45. The van der Waals surface area contributed by atoms with Gasteiger partial charge in [-0.3, -0.25) is 14.9 Å². The number of nitro groups is 1. The molecule has 2 aromatic rings.